The molecule has 1 saturated heterocycles. The molecule has 1 N–H and O–H groups in total. The van der Waals surface area contributed by atoms with E-state index in [4.69, 9.17) is 0 Å². The molecule has 1 aliphatic heterocycles. The van der Waals surface area contributed by atoms with Gasteiger partial charge in [0.05, 0.1) is 11.3 Å². The number of amides is 1. The maximum Gasteiger partial charge on any atom is 0.308 e. The molecule has 5 heteroatoms. The normalized spacial score (nSPS) is 23.7. The zero-order chi connectivity index (χ0) is 18.3. The predicted octanol–water partition coefficient (Wildman–Crippen LogP) is 3.18. The Kier molecular flexibility index (Phi) is 4.02. The first-order valence-corrected chi connectivity index (χ1v) is 8.85. The second-order valence-electron chi connectivity index (χ2n) is 7.23. The molecule has 2 aromatic carbocycles. The molecule has 1 heterocycles. The Morgan fingerprint density at radius 3 is 2.27 bits per heavy atom. The molecule has 2 fully saturated rings. The molecule has 0 aromatic heterocycles. The number of halogens is 1. The third kappa shape index (κ3) is 2.68. The average Bonchev–Trinajstić information content (AvgIpc) is 3.33. The minimum Gasteiger partial charge on any atom is -0.481 e. The first-order chi connectivity index (χ1) is 12.5. The number of likely N-dealkylation sites (tertiary alicyclic amines) is 1. The number of nitrogens with zero attached hydrogens (tertiary/aromatic N) is 1. The van der Waals surface area contributed by atoms with Crippen molar-refractivity contribution in [1.82, 2.24) is 4.90 Å². The highest BCUT2D eigenvalue weighted by Crippen LogP contribution is 2.51. The number of hydrogen-bond donors (Lipinski definition) is 1. The van der Waals surface area contributed by atoms with Gasteiger partial charge in [0.1, 0.15) is 5.82 Å². The van der Waals surface area contributed by atoms with Crippen LogP contribution in [0, 0.1) is 11.7 Å². The maximum atomic E-state index is 14.3. The number of carboxylic acid groups (broad SMARTS) is 1. The lowest BCUT2D eigenvalue weighted by Gasteiger charge is -2.24. The topological polar surface area (TPSA) is 57.6 Å². The van der Waals surface area contributed by atoms with Crippen LogP contribution in [0.15, 0.2) is 54.6 Å². The Balaban J connectivity index is 1.62. The lowest BCUT2D eigenvalue weighted by molar-refractivity contribution is -0.142. The van der Waals surface area contributed by atoms with Crippen LogP contribution in [0.2, 0.25) is 0 Å². The summed E-state index contributed by atoms with van der Waals surface area (Å²) < 4.78 is 14.3. The van der Waals surface area contributed by atoms with Gasteiger partial charge < -0.3 is 10.0 Å². The number of aliphatic carboxylic acids is 1. The van der Waals surface area contributed by atoms with Crippen LogP contribution in [0.3, 0.4) is 0 Å². The van der Waals surface area contributed by atoms with Crippen LogP contribution in [-0.4, -0.2) is 35.0 Å². The molecule has 26 heavy (non-hydrogen) atoms. The van der Waals surface area contributed by atoms with Crippen molar-refractivity contribution in [2.45, 2.75) is 24.2 Å². The largest absolute Gasteiger partial charge is 0.481 e. The Morgan fingerprint density at radius 1 is 1.00 bits per heavy atom. The molecule has 4 rings (SSSR count). The van der Waals surface area contributed by atoms with Gasteiger partial charge >= 0.3 is 5.97 Å². The molecular formula is C21H20FNO3. The molecule has 4 nitrogen and oxygen atoms in total. The van der Waals surface area contributed by atoms with Crippen molar-refractivity contribution in [3.8, 4) is 0 Å². The van der Waals surface area contributed by atoms with Crippen LogP contribution in [0.5, 0.6) is 0 Å². The zero-order valence-corrected chi connectivity index (χ0v) is 14.3. The molecule has 1 amide bonds. The molecule has 2 atom stereocenters. The molecule has 0 radical (unpaired) electrons. The van der Waals surface area contributed by atoms with E-state index >= 15 is 0 Å². The molecule has 2 aliphatic rings. The summed E-state index contributed by atoms with van der Waals surface area (Å²) in [6, 6.07) is 15.8. The summed E-state index contributed by atoms with van der Waals surface area (Å²) in [4.78, 5) is 26.6. The second-order valence-corrected chi connectivity index (χ2v) is 7.23. The van der Waals surface area contributed by atoms with E-state index in [-0.39, 0.29) is 24.2 Å². The third-order valence-electron chi connectivity index (χ3n) is 5.70. The standard InChI is InChI=1S/C21H20FNO3/c22-18-9-5-4-8-17(18)21(10-11-21)20(26)23-12-15(16(13-23)19(24)25)14-6-2-1-3-7-14/h1-9,15-16H,10-13H2,(H,24,25). The van der Waals surface area contributed by atoms with Crippen LogP contribution >= 0.6 is 0 Å². The molecule has 2 unspecified atom stereocenters. The maximum absolute atomic E-state index is 14.3. The van der Waals surface area contributed by atoms with E-state index in [2.05, 4.69) is 0 Å². The van der Waals surface area contributed by atoms with E-state index in [9.17, 15) is 19.1 Å². The first-order valence-electron chi connectivity index (χ1n) is 8.85. The van der Waals surface area contributed by atoms with E-state index in [0.717, 1.165) is 5.56 Å². The SMILES string of the molecule is O=C(O)C1CN(C(=O)C2(c3ccccc3F)CC2)CC1c1ccccc1. The van der Waals surface area contributed by atoms with Crippen LogP contribution in [0.4, 0.5) is 4.39 Å². The minimum atomic E-state index is -0.898. The highest BCUT2D eigenvalue weighted by atomic mass is 19.1. The molecule has 0 spiro atoms. The highest BCUT2D eigenvalue weighted by molar-refractivity contribution is 5.92. The van der Waals surface area contributed by atoms with E-state index in [1.807, 2.05) is 30.3 Å². The van der Waals surface area contributed by atoms with Crippen LogP contribution in [0.1, 0.15) is 29.9 Å². The Hall–Kier alpha value is -2.69. The van der Waals surface area contributed by atoms with Gasteiger partial charge in [-0.05, 0) is 24.5 Å². The Bertz CT molecular complexity index is 847. The monoisotopic (exact) mass is 353 g/mol. The first kappa shape index (κ1) is 16.8. The smallest absolute Gasteiger partial charge is 0.308 e. The van der Waals surface area contributed by atoms with Gasteiger partial charge in [-0.3, -0.25) is 9.59 Å². The van der Waals surface area contributed by atoms with Crippen LogP contribution < -0.4 is 0 Å². The average molecular weight is 353 g/mol. The molecule has 134 valence electrons. The lowest BCUT2D eigenvalue weighted by Crippen LogP contribution is -2.38. The number of benzene rings is 2. The minimum absolute atomic E-state index is 0.146. The summed E-state index contributed by atoms with van der Waals surface area (Å²) >= 11 is 0. The van der Waals surface area contributed by atoms with Gasteiger partial charge in [-0.1, -0.05) is 48.5 Å². The number of hydrogen-bond acceptors (Lipinski definition) is 2. The van der Waals surface area contributed by atoms with Gasteiger partial charge in [0, 0.05) is 24.6 Å². The summed E-state index contributed by atoms with van der Waals surface area (Å²) in [5.74, 6) is -2.30. The molecule has 0 bridgehead atoms. The van der Waals surface area contributed by atoms with Crippen molar-refractivity contribution >= 4 is 11.9 Å². The van der Waals surface area contributed by atoms with E-state index in [1.165, 1.54) is 6.07 Å². The summed E-state index contributed by atoms with van der Waals surface area (Å²) in [6.45, 7) is 0.528. The summed E-state index contributed by atoms with van der Waals surface area (Å²) in [7, 11) is 0. The zero-order valence-electron chi connectivity index (χ0n) is 14.3. The fraction of sp³-hybridized carbons (Fsp3) is 0.333. The van der Waals surface area contributed by atoms with Gasteiger partial charge in [-0.2, -0.15) is 0 Å². The number of rotatable bonds is 4. The number of carboxylic acids is 1. The van der Waals surface area contributed by atoms with E-state index in [0.29, 0.717) is 24.9 Å². The predicted molar refractivity (Wildman–Crippen MR) is 94.2 cm³/mol. The van der Waals surface area contributed by atoms with Crippen molar-refractivity contribution in [2.24, 2.45) is 5.92 Å². The molecular weight excluding hydrogens is 333 g/mol. The fourth-order valence-corrected chi connectivity index (χ4v) is 4.13. The van der Waals surface area contributed by atoms with E-state index < -0.39 is 17.3 Å². The Morgan fingerprint density at radius 2 is 1.65 bits per heavy atom. The second kappa shape index (κ2) is 6.24. The van der Waals surface area contributed by atoms with Crippen molar-refractivity contribution in [2.75, 3.05) is 13.1 Å². The van der Waals surface area contributed by atoms with Gasteiger partial charge in [-0.15, -0.1) is 0 Å². The van der Waals surface area contributed by atoms with Crippen molar-refractivity contribution in [3.05, 3.63) is 71.5 Å². The van der Waals surface area contributed by atoms with Gasteiger partial charge in [-0.25, -0.2) is 4.39 Å². The summed E-state index contributed by atoms with van der Waals surface area (Å²) in [6.07, 6.45) is 1.22. The highest BCUT2D eigenvalue weighted by Gasteiger charge is 2.56. The molecule has 1 aliphatic carbocycles. The quantitative estimate of drug-likeness (QED) is 0.918. The third-order valence-corrected chi connectivity index (χ3v) is 5.70. The van der Waals surface area contributed by atoms with Crippen LogP contribution in [0.25, 0.3) is 0 Å². The van der Waals surface area contributed by atoms with Crippen molar-refractivity contribution in [3.63, 3.8) is 0 Å². The van der Waals surface area contributed by atoms with Gasteiger partial charge in [0.15, 0.2) is 0 Å². The number of carbonyl (C=O) groups excluding carboxylic acids is 1. The lowest BCUT2D eigenvalue weighted by atomic mass is 9.89. The summed E-state index contributed by atoms with van der Waals surface area (Å²) in [5.41, 5.74) is 0.533. The van der Waals surface area contributed by atoms with Crippen molar-refractivity contribution in [1.29, 1.82) is 0 Å². The van der Waals surface area contributed by atoms with Crippen molar-refractivity contribution < 1.29 is 19.1 Å². The van der Waals surface area contributed by atoms with Gasteiger partial charge in [0.25, 0.3) is 0 Å². The molecule has 2 aromatic rings. The van der Waals surface area contributed by atoms with E-state index in [1.54, 1.807) is 23.1 Å². The molecule has 1 saturated carbocycles. The fourth-order valence-electron chi connectivity index (χ4n) is 4.13. The van der Waals surface area contributed by atoms with Gasteiger partial charge in [0.2, 0.25) is 5.91 Å². The summed E-state index contributed by atoms with van der Waals surface area (Å²) in [5, 5.41) is 9.63. The number of carbonyl (C=O) groups is 2. The Labute approximate surface area is 151 Å². The van der Waals surface area contributed by atoms with Crippen LogP contribution in [-0.2, 0) is 15.0 Å².